The summed E-state index contributed by atoms with van der Waals surface area (Å²) in [6, 6.07) is 47.2. The Morgan fingerprint density at radius 1 is 0.478 bits per heavy atom. The molecule has 0 aliphatic heterocycles. The molecule has 0 aliphatic carbocycles. The van der Waals surface area contributed by atoms with E-state index in [2.05, 4.69) is 147 Å². The average Bonchev–Trinajstić information content (AvgIpc) is 3.11. The molecular formula is C43H32N2O. The molecule has 0 N–H and O–H groups in total. The lowest BCUT2D eigenvalue weighted by Gasteiger charge is -2.19. The summed E-state index contributed by atoms with van der Waals surface area (Å²) < 4.78 is 6.04. The zero-order valence-corrected chi connectivity index (χ0v) is 26.1. The van der Waals surface area contributed by atoms with Crippen molar-refractivity contribution in [2.75, 3.05) is 7.11 Å². The molecule has 8 aromatic rings. The van der Waals surface area contributed by atoms with E-state index < -0.39 is 0 Å². The highest BCUT2D eigenvalue weighted by Gasteiger charge is 2.21. The molecule has 220 valence electrons. The van der Waals surface area contributed by atoms with Crippen molar-refractivity contribution < 1.29 is 4.74 Å². The lowest BCUT2D eigenvalue weighted by atomic mass is 9.88. The Balaban J connectivity index is 1.45. The summed E-state index contributed by atoms with van der Waals surface area (Å²) in [4.78, 5) is 10.7. The molecule has 0 saturated carbocycles. The van der Waals surface area contributed by atoms with Crippen molar-refractivity contribution in [3.8, 4) is 50.4 Å². The van der Waals surface area contributed by atoms with Crippen LogP contribution in [0.4, 0.5) is 0 Å². The van der Waals surface area contributed by atoms with Gasteiger partial charge in [-0.1, -0.05) is 139 Å². The van der Waals surface area contributed by atoms with Gasteiger partial charge in [0.2, 0.25) is 0 Å². The molecule has 0 radical (unpaired) electrons. The van der Waals surface area contributed by atoms with Gasteiger partial charge in [0.1, 0.15) is 5.75 Å². The van der Waals surface area contributed by atoms with E-state index in [9.17, 15) is 0 Å². The predicted molar refractivity (Wildman–Crippen MR) is 192 cm³/mol. The summed E-state index contributed by atoms with van der Waals surface area (Å²) in [6.45, 7) is 4.23. The lowest BCUT2D eigenvalue weighted by Crippen LogP contribution is -1.97. The van der Waals surface area contributed by atoms with Gasteiger partial charge in [-0.3, -0.25) is 4.98 Å². The van der Waals surface area contributed by atoms with Gasteiger partial charge in [-0.2, -0.15) is 0 Å². The Morgan fingerprint density at radius 3 is 1.61 bits per heavy atom. The number of aryl methyl sites for hydroxylation is 2. The number of rotatable bonds is 5. The molecular weight excluding hydrogens is 560 g/mol. The normalized spacial score (nSPS) is 11.4. The van der Waals surface area contributed by atoms with Crippen molar-refractivity contribution in [3.05, 3.63) is 151 Å². The second-order valence-electron chi connectivity index (χ2n) is 11.9. The monoisotopic (exact) mass is 592 g/mol. The summed E-state index contributed by atoms with van der Waals surface area (Å²) >= 11 is 0. The van der Waals surface area contributed by atoms with E-state index in [0.29, 0.717) is 0 Å². The molecule has 8 rings (SSSR count). The molecule has 7 aromatic carbocycles. The summed E-state index contributed by atoms with van der Waals surface area (Å²) in [5.74, 6) is 0.826. The number of fused-ring (bicyclic) bond motifs is 3. The van der Waals surface area contributed by atoms with Gasteiger partial charge in [-0.25, -0.2) is 4.98 Å². The van der Waals surface area contributed by atoms with Gasteiger partial charge in [0.15, 0.2) is 0 Å². The van der Waals surface area contributed by atoms with Crippen LogP contribution in [0.5, 0.6) is 5.75 Å². The third-order valence-electron chi connectivity index (χ3n) is 8.99. The first-order chi connectivity index (χ1) is 22.6. The highest BCUT2D eigenvalue weighted by Crippen LogP contribution is 2.46. The average molecular weight is 593 g/mol. The molecule has 0 spiro atoms. The van der Waals surface area contributed by atoms with E-state index in [4.69, 9.17) is 14.7 Å². The zero-order valence-electron chi connectivity index (χ0n) is 26.1. The van der Waals surface area contributed by atoms with Gasteiger partial charge in [0.25, 0.3) is 0 Å². The minimum Gasteiger partial charge on any atom is -0.496 e. The minimum atomic E-state index is 0.817. The molecule has 0 fully saturated rings. The van der Waals surface area contributed by atoms with Crippen LogP contribution in [0.15, 0.2) is 140 Å². The van der Waals surface area contributed by atoms with Crippen LogP contribution in [-0.2, 0) is 0 Å². The van der Waals surface area contributed by atoms with Crippen LogP contribution >= 0.6 is 0 Å². The fourth-order valence-electron chi connectivity index (χ4n) is 6.59. The van der Waals surface area contributed by atoms with E-state index in [1.165, 1.54) is 11.1 Å². The van der Waals surface area contributed by atoms with Crippen LogP contribution in [0.2, 0.25) is 0 Å². The fourth-order valence-corrected chi connectivity index (χ4v) is 6.59. The fraction of sp³-hybridized carbons (Fsp3) is 0.0698. The zero-order chi connectivity index (χ0) is 31.2. The van der Waals surface area contributed by atoms with E-state index in [0.717, 1.165) is 83.0 Å². The summed E-state index contributed by atoms with van der Waals surface area (Å²) in [5.41, 5.74) is 12.6. The van der Waals surface area contributed by atoms with Crippen LogP contribution in [0.25, 0.3) is 77.2 Å². The number of hydrogen-bond acceptors (Lipinski definition) is 3. The molecule has 0 unspecified atom stereocenters. The Kier molecular flexibility index (Phi) is 6.80. The largest absolute Gasteiger partial charge is 0.496 e. The van der Waals surface area contributed by atoms with Crippen molar-refractivity contribution in [2.24, 2.45) is 0 Å². The van der Waals surface area contributed by atoms with Crippen LogP contribution in [-0.4, -0.2) is 17.1 Å². The maximum atomic E-state index is 6.04. The Hall–Kier alpha value is -5.80. The van der Waals surface area contributed by atoms with E-state index in [1.807, 2.05) is 6.20 Å². The highest BCUT2D eigenvalue weighted by atomic mass is 16.5. The van der Waals surface area contributed by atoms with Gasteiger partial charge in [-0.05, 0) is 52.6 Å². The Labute approximate surface area is 268 Å². The van der Waals surface area contributed by atoms with Crippen LogP contribution in [0, 0.1) is 13.8 Å². The van der Waals surface area contributed by atoms with Crippen molar-refractivity contribution in [2.45, 2.75) is 13.8 Å². The first-order valence-corrected chi connectivity index (χ1v) is 15.6. The second-order valence-corrected chi connectivity index (χ2v) is 11.9. The molecule has 0 atom stereocenters. The van der Waals surface area contributed by atoms with Crippen LogP contribution in [0.3, 0.4) is 0 Å². The number of ether oxygens (including phenoxy) is 1. The molecule has 1 heterocycles. The lowest BCUT2D eigenvalue weighted by molar-refractivity contribution is 0.417. The first kappa shape index (κ1) is 27.7. The number of hydrogen-bond donors (Lipinski definition) is 0. The Bertz CT molecular complexity index is 2410. The molecule has 1 aromatic heterocycles. The molecule has 0 aliphatic rings. The molecule has 0 amide bonds. The van der Waals surface area contributed by atoms with E-state index in [1.54, 1.807) is 7.11 Å². The Morgan fingerprint density at radius 2 is 1.00 bits per heavy atom. The van der Waals surface area contributed by atoms with Crippen LogP contribution in [0.1, 0.15) is 11.1 Å². The maximum absolute atomic E-state index is 6.04. The van der Waals surface area contributed by atoms with Gasteiger partial charge < -0.3 is 4.74 Å². The number of methoxy groups -OCH3 is 1. The third-order valence-corrected chi connectivity index (χ3v) is 8.99. The van der Waals surface area contributed by atoms with Crippen molar-refractivity contribution >= 4 is 32.6 Å². The summed E-state index contributed by atoms with van der Waals surface area (Å²) in [6.07, 6.45) is 1.93. The molecule has 3 nitrogen and oxygen atoms in total. The summed E-state index contributed by atoms with van der Waals surface area (Å²) in [5, 5.41) is 4.59. The van der Waals surface area contributed by atoms with Gasteiger partial charge in [-0.15, -0.1) is 0 Å². The topological polar surface area (TPSA) is 35.0 Å². The van der Waals surface area contributed by atoms with Crippen molar-refractivity contribution in [1.82, 2.24) is 9.97 Å². The van der Waals surface area contributed by atoms with E-state index >= 15 is 0 Å². The van der Waals surface area contributed by atoms with Crippen molar-refractivity contribution in [3.63, 3.8) is 0 Å². The highest BCUT2D eigenvalue weighted by molar-refractivity contribution is 6.12. The number of nitrogens with zero attached hydrogens (tertiary/aromatic N) is 2. The van der Waals surface area contributed by atoms with Gasteiger partial charge in [0, 0.05) is 27.8 Å². The van der Waals surface area contributed by atoms with Crippen molar-refractivity contribution in [1.29, 1.82) is 0 Å². The van der Waals surface area contributed by atoms with Gasteiger partial charge >= 0.3 is 0 Å². The van der Waals surface area contributed by atoms with Gasteiger partial charge in [0.05, 0.1) is 30.0 Å². The number of aromatic nitrogens is 2. The standard InChI is InChI=1S/C43H32N2O/c1-27-12-16-31(17-13-27)35-23-24-36(32-18-14-28(2)15-19-32)43-42(35)44-26-38(45-43)37-22-20-29-8-4-6-10-33(29)40(37)41-34-11-7-5-9-30(34)21-25-39(41)46-3/h4-26H,1-3H3. The molecule has 46 heavy (non-hydrogen) atoms. The molecule has 0 saturated heterocycles. The van der Waals surface area contributed by atoms with Crippen LogP contribution < -0.4 is 4.74 Å². The molecule has 3 heteroatoms. The third kappa shape index (κ3) is 4.69. The smallest absolute Gasteiger partial charge is 0.127 e. The quantitative estimate of drug-likeness (QED) is 0.199. The number of benzene rings is 7. The first-order valence-electron chi connectivity index (χ1n) is 15.6. The van der Waals surface area contributed by atoms with E-state index in [-0.39, 0.29) is 0 Å². The predicted octanol–water partition coefficient (Wildman–Crippen LogP) is 11.2. The summed E-state index contributed by atoms with van der Waals surface area (Å²) in [7, 11) is 1.74. The minimum absolute atomic E-state index is 0.817. The second kappa shape index (κ2) is 11.3. The SMILES string of the molecule is COc1ccc2ccccc2c1-c1c(-c2cnc3c(-c4ccc(C)cc4)ccc(-c4ccc(C)cc4)c3n2)ccc2ccccc12. The molecule has 0 bridgehead atoms. The maximum Gasteiger partial charge on any atom is 0.127 e.